The van der Waals surface area contributed by atoms with Gasteiger partial charge in [-0.3, -0.25) is 4.57 Å². The minimum atomic E-state index is -1.67. The topological polar surface area (TPSA) is 26.3 Å². The molecule has 0 aliphatic carbocycles. The number of hydrogen-bond acceptors (Lipinski definition) is 2. The van der Waals surface area contributed by atoms with Crippen molar-refractivity contribution in [1.82, 2.24) is 0 Å². The average molecular weight is 178 g/mol. The molecule has 0 heterocycles. The van der Waals surface area contributed by atoms with Gasteiger partial charge >= 0.3 is 0 Å². The minimum Gasteiger partial charge on any atom is -0.330 e. The molecule has 0 aromatic carbocycles. The molecule has 0 aromatic heterocycles. The van der Waals surface area contributed by atoms with Crippen molar-refractivity contribution in [2.75, 3.05) is 12.8 Å². The van der Waals surface area contributed by atoms with Crippen LogP contribution in [0.5, 0.6) is 0 Å². The van der Waals surface area contributed by atoms with Crippen LogP contribution in [-0.4, -0.2) is 12.8 Å². The van der Waals surface area contributed by atoms with Crippen molar-refractivity contribution < 1.29 is 9.09 Å². The van der Waals surface area contributed by atoms with E-state index >= 15 is 0 Å². The van der Waals surface area contributed by atoms with Gasteiger partial charge in [0.2, 0.25) is 0 Å². The molecule has 0 saturated carbocycles. The van der Waals surface area contributed by atoms with E-state index in [-0.39, 0.29) is 0 Å². The molecule has 68 valence electrons. The van der Waals surface area contributed by atoms with Crippen LogP contribution in [0.15, 0.2) is 0 Å². The lowest BCUT2D eigenvalue weighted by molar-refractivity contribution is 0.320. The molecule has 0 spiro atoms. The Morgan fingerprint density at radius 1 is 1.18 bits per heavy atom. The third kappa shape index (κ3) is 8.09. The molecule has 1 atom stereocenters. The fourth-order valence-corrected chi connectivity index (χ4v) is 1.88. The molecule has 0 rings (SSSR count). The highest BCUT2D eigenvalue weighted by molar-refractivity contribution is 7.39. The van der Waals surface area contributed by atoms with Crippen LogP contribution in [0.2, 0.25) is 0 Å². The summed E-state index contributed by atoms with van der Waals surface area (Å²) < 4.78 is 16.2. The van der Waals surface area contributed by atoms with Crippen molar-refractivity contribution in [2.45, 2.75) is 39.5 Å². The molecule has 11 heavy (non-hydrogen) atoms. The molecule has 0 N–H and O–H groups in total. The molecule has 3 heteroatoms. The zero-order chi connectivity index (χ0) is 8.53. The maximum atomic E-state index is 11.0. The first-order valence-corrected chi connectivity index (χ1v) is 5.99. The van der Waals surface area contributed by atoms with Gasteiger partial charge in [0.15, 0.2) is 8.03 Å². The summed E-state index contributed by atoms with van der Waals surface area (Å²) in [6, 6.07) is 0. The van der Waals surface area contributed by atoms with Crippen molar-refractivity contribution in [3.05, 3.63) is 0 Å². The SMILES string of the molecule is CCCCO[PH](=O)CCCC. The van der Waals surface area contributed by atoms with E-state index in [9.17, 15) is 4.57 Å². The van der Waals surface area contributed by atoms with Crippen LogP contribution in [-0.2, 0) is 9.09 Å². The molecular weight excluding hydrogens is 159 g/mol. The standard InChI is InChI=1S/C8H19O2P/c1-3-5-7-10-11(9)8-6-4-2/h11H,3-8H2,1-2H3. The first-order valence-electron chi connectivity index (χ1n) is 4.46. The highest BCUT2D eigenvalue weighted by Gasteiger charge is 1.96. The van der Waals surface area contributed by atoms with E-state index in [0.29, 0.717) is 6.61 Å². The van der Waals surface area contributed by atoms with Crippen molar-refractivity contribution in [1.29, 1.82) is 0 Å². The second kappa shape index (κ2) is 8.29. The predicted molar refractivity (Wildman–Crippen MR) is 49.6 cm³/mol. The maximum Gasteiger partial charge on any atom is 0.191 e. The Morgan fingerprint density at radius 3 is 2.36 bits per heavy atom. The van der Waals surface area contributed by atoms with Crippen molar-refractivity contribution in [3.63, 3.8) is 0 Å². The van der Waals surface area contributed by atoms with Gasteiger partial charge in [-0.15, -0.1) is 0 Å². The van der Waals surface area contributed by atoms with Crippen LogP contribution >= 0.6 is 8.03 Å². The predicted octanol–water partition coefficient (Wildman–Crippen LogP) is 3.08. The lowest BCUT2D eigenvalue weighted by Gasteiger charge is -2.01. The smallest absolute Gasteiger partial charge is 0.191 e. The Hall–Kier alpha value is 0.190. The second-order valence-corrected chi connectivity index (χ2v) is 4.21. The van der Waals surface area contributed by atoms with Gasteiger partial charge < -0.3 is 4.52 Å². The molecule has 0 saturated heterocycles. The van der Waals surface area contributed by atoms with Crippen molar-refractivity contribution in [2.24, 2.45) is 0 Å². The summed E-state index contributed by atoms with van der Waals surface area (Å²) in [5, 5.41) is 0. The van der Waals surface area contributed by atoms with Gasteiger partial charge in [-0.1, -0.05) is 26.7 Å². The van der Waals surface area contributed by atoms with Crippen LogP contribution in [0.1, 0.15) is 39.5 Å². The molecule has 0 aliphatic heterocycles. The normalized spacial score (nSPS) is 13.3. The van der Waals surface area contributed by atoms with Gasteiger partial charge in [0.25, 0.3) is 0 Å². The lowest BCUT2D eigenvalue weighted by Crippen LogP contribution is -1.87. The molecular formula is C8H19O2P. The molecule has 0 amide bonds. The number of unbranched alkanes of at least 4 members (excludes halogenated alkanes) is 2. The molecule has 0 bridgehead atoms. The van der Waals surface area contributed by atoms with E-state index in [2.05, 4.69) is 13.8 Å². The summed E-state index contributed by atoms with van der Waals surface area (Å²) in [7, 11) is -1.67. The molecule has 0 aromatic rings. The summed E-state index contributed by atoms with van der Waals surface area (Å²) in [5.74, 6) is 0. The quantitative estimate of drug-likeness (QED) is 0.442. The summed E-state index contributed by atoms with van der Waals surface area (Å²) in [5.41, 5.74) is 0. The summed E-state index contributed by atoms with van der Waals surface area (Å²) in [4.78, 5) is 0. The van der Waals surface area contributed by atoms with E-state index in [4.69, 9.17) is 4.52 Å². The Labute approximate surface area is 70.2 Å². The van der Waals surface area contributed by atoms with Crippen LogP contribution in [0.4, 0.5) is 0 Å². The molecule has 2 nitrogen and oxygen atoms in total. The van der Waals surface area contributed by atoms with Crippen LogP contribution in [0.3, 0.4) is 0 Å². The zero-order valence-electron chi connectivity index (χ0n) is 7.56. The van der Waals surface area contributed by atoms with Crippen LogP contribution in [0.25, 0.3) is 0 Å². The Balaban J connectivity index is 3.09. The van der Waals surface area contributed by atoms with Gasteiger partial charge in [-0.05, 0) is 12.8 Å². The summed E-state index contributed by atoms with van der Waals surface area (Å²) >= 11 is 0. The van der Waals surface area contributed by atoms with E-state index in [1.54, 1.807) is 0 Å². The molecule has 0 aliphatic rings. The van der Waals surface area contributed by atoms with Crippen molar-refractivity contribution in [3.8, 4) is 0 Å². The Morgan fingerprint density at radius 2 is 1.82 bits per heavy atom. The van der Waals surface area contributed by atoms with Crippen molar-refractivity contribution >= 4 is 8.03 Å². The monoisotopic (exact) mass is 178 g/mol. The summed E-state index contributed by atoms with van der Waals surface area (Å²) in [6.07, 6.45) is 5.05. The van der Waals surface area contributed by atoms with Crippen LogP contribution < -0.4 is 0 Å². The first kappa shape index (κ1) is 11.2. The average Bonchev–Trinajstić information content (AvgIpc) is 2.01. The third-order valence-electron chi connectivity index (χ3n) is 1.50. The van der Waals surface area contributed by atoms with Gasteiger partial charge in [0, 0.05) is 6.16 Å². The molecule has 0 radical (unpaired) electrons. The fourth-order valence-electron chi connectivity index (χ4n) is 0.724. The third-order valence-corrected chi connectivity index (χ3v) is 2.78. The van der Waals surface area contributed by atoms with Gasteiger partial charge in [-0.25, -0.2) is 0 Å². The fraction of sp³-hybridized carbons (Fsp3) is 1.00. The highest BCUT2D eigenvalue weighted by Crippen LogP contribution is 2.23. The number of rotatable bonds is 7. The van der Waals surface area contributed by atoms with E-state index in [0.717, 1.165) is 31.8 Å². The number of hydrogen-bond donors (Lipinski definition) is 0. The second-order valence-electron chi connectivity index (χ2n) is 2.68. The van der Waals surface area contributed by atoms with E-state index in [1.807, 2.05) is 0 Å². The lowest BCUT2D eigenvalue weighted by atomic mass is 10.4. The maximum absolute atomic E-state index is 11.0. The van der Waals surface area contributed by atoms with Gasteiger partial charge in [-0.2, -0.15) is 0 Å². The van der Waals surface area contributed by atoms with Gasteiger partial charge in [0.1, 0.15) is 0 Å². The first-order chi connectivity index (χ1) is 5.31. The summed E-state index contributed by atoms with van der Waals surface area (Å²) in [6.45, 7) is 4.88. The minimum absolute atomic E-state index is 0.679. The Bertz CT molecular complexity index is 104. The molecule has 0 fully saturated rings. The van der Waals surface area contributed by atoms with E-state index in [1.165, 1.54) is 0 Å². The largest absolute Gasteiger partial charge is 0.330 e. The van der Waals surface area contributed by atoms with Gasteiger partial charge in [0.05, 0.1) is 6.61 Å². The Kier molecular flexibility index (Phi) is 8.43. The van der Waals surface area contributed by atoms with Crippen LogP contribution in [0, 0.1) is 0 Å². The zero-order valence-corrected chi connectivity index (χ0v) is 8.56. The molecule has 1 unspecified atom stereocenters. The highest BCUT2D eigenvalue weighted by atomic mass is 31.1. The van der Waals surface area contributed by atoms with E-state index < -0.39 is 8.03 Å².